The van der Waals surface area contributed by atoms with E-state index in [9.17, 15) is 4.79 Å². The lowest BCUT2D eigenvalue weighted by Crippen LogP contribution is -2.16. The van der Waals surface area contributed by atoms with Crippen molar-refractivity contribution in [1.29, 1.82) is 0 Å². The highest BCUT2D eigenvalue weighted by Crippen LogP contribution is 2.19. The summed E-state index contributed by atoms with van der Waals surface area (Å²) in [5.41, 5.74) is 2.37. The van der Waals surface area contributed by atoms with E-state index in [4.69, 9.17) is 0 Å². The van der Waals surface area contributed by atoms with E-state index in [1.54, 1.807) is 18.7 Å². The average molecular weight is 256 g/mol. The molecule has 100 valence electrons. The van der Waals surface area contributed by atoms with E-state index in [0.29, 0.717) is 5.92 Å². The Morgan fingerprint density at radius 1 is 1.21 bits per heavy atom. The first-order valence-electron chi connectivity index (χ1n) is 6.69. The van der Waals surface area contributed by atoms with Crippen LogP contribution in [-0.2, 0) is 6.42 Å². The molecule has 0 aliphatic heterocycles. The van der Waals surface area contributed by atoms with Crippen molar-refractivity contribution in [2.75, 3.05) is 0 Å². The second-order valence-corrected chi connectivity index (χ2v) is 5.37. The van der Waals surface area contributed by atoms with Gasteiger partial charge in [-0.3, -0.25) is 9.36 Å². The summed E-state index contributed by atoms with van der Waals surface area (Å²) < 4.78 is 1.53. The van der Waals surface area contributed by atoms with E-state index in [0.717, 1.165) is 12.0 Å². The number of hydrogen-bond acceptors (Lipinski definition) is 2. The average Bonchev–Trinajstić information content (AvgIpc) is 2.91. The van der Waals surface area contributed by atoms with Crippen molar-refractivity contribution in [3.63, 3.8) is 0 Å². The zero-order chi connectivity index (χ0) is 13.8. The Morgan fingerprint density at radius 2 is 1.89 bits per heavy atom. The maximum absolute atomic E-state index is 12.2. The lowest BCUT2D eigenvalue weighted by Gasteiger charge is -2.12. The van der Waals surface area contributed by atoms with Gasteiger partial charge in [0.25, 0.3) is 0 Å². The standard InChI is InChI=1S/C16H20N2O/c1-12(2)10-14-4-6-15(7-5-14)13(3)16(19)18-9-8-17-11-18/h4-9,11-13H,10H2,1-3H3. The van der Waals surface area contributed by atoms with E-state index in [1.165, 1.54) is 10.1 Å². The Balaban J connectivity index is 2.11. The minimum absolute atomic E-state index is 0.0501. The number of imidazole rings is 1. The van der Waals surface area contributed by atoms with Crippen molar-refractivity contribution in [3.05, 3.63) is 54.1 Å². The van der Waals surface area contributed by atoms with Gasteiger partial charge in [-0.2, -0.15) is 0 Å². The molecule has 1 atom stereocenters. The van der Waals surface area contributed by atoms with Crippen LogP contribution in [-0.4, -0.2) is 15.5 Å². The van der Waals surface area contributed by atoms with Gasteiger partial charge in [-0.15, -0.1) is 0 Å². The molecule has 0 aliphatic carbocycles. The van der Waals surface area contributed by atoms with Crippen LogP contribution in [0.15, 0.2) is 43.0 Å². The summed E-state index contributed by atoms with van der Waals surface area (Å²) in [6.45, 7) is 6.35. The van der Waals surface area contributed by atoms with Crippen LogP contribution in [0.2, 0.25) is 0 Å². The maximum Gasteiger partial charge on any atom is 0.239 e. The maximum atomic E-state index is 12.2. The fraction of sp³-hybridized carbons (Fsp3) is 0.375. The summed E-state index contributed by atoms with van der Waals surface area (Å²) in [4.78, 5) is 16.1. The van der Waals surface area contributed by atoms with Crippen LogP contribution in [0.3, 0.4) is 0 Å². The number of rotatable bonds is 4. The third-order valence-corrected chi connectivity index (χ3v) is 3.25. The van der Waals surface area contributed by atoms with Gasteiger partial charge in [0.15, 0.2) is 0 Å². The first-order valence-corrected chi connectivity index (χ1v) is 6.69. The highest BCUT2D eigenvalue weighted by atomic mass is 16.2. The van der Waals surface area contributed by atoms with Crippen LogP contribution in [0, 0.1) is 5.92 Å². The molecule has 0 saturated heterocycles. The Labute approximate surface area is 114 Å². The van der Waals surface area contributed by atoms with Crippen LogP contribution in [0.1, 0.15) is 42.6 Å². The highest BCUT2D eigenvalue weighted by Gasteiger charge is 2.16. The molecule has 2 rings (SSSR count). The van der Waals surface area contributed by atoms with E-state index in [2.05, 4.69) is 43.1 Å². The lowest BCUT2D eigenvalue weighted by atomic mass is 9.96. The number of aromatic nitrogens is 2. The van der Waals surface area contributed by atoms with Gasteiger partial charge in [0, 0.05) is 12.4 Å². The fourth-order valence-electron chi connectivity index (χ4n) is 2.17. The van der Waals surface area contributed by atoms with Gasteiger partial charge in [0.2, 0.25) is 5.91 Å². The molecule has 3 nitrogen and oxygen atoms in total. The van der Waals surface area contributed by atoms with Gasteiger partial charge in [0.1, 0.15) is 6.33 Å². The Hall–Kier alpha value is -1.90. The van der Waals surface area contributed by atoms with Crippen LogP contribution in [0.5, 0.6) is 0 Å². The summed E-state index contributed by atoms with van der Waals surface area (Å²) in [5.74, 6) is 0.548. The van der Waals surface area contributed by atoms with Crippen molar-refractivity contribution >= 4 is 5.91 Å². The molecule has 1 unspecified atom stereocenters. The summed E-state index contributed by atoms with van der Waals surface area (Å²) in [7, 11) is 0. The molecule has 1 heterocycles. The third kappa shape index (κ3) is 3.31. The lowest BCUT2D eigenvalue weighted by molar-refractivity contribution is 0.0884. The van der Waals surface area contributed by atoms with Crippen LogP contribution >= 0.6 is 0 Å². The quantitative estimate of drug-likeness (QED) is 0.838. The minimum Gasteiger partial charge on any atom is -0.276 e. The van der Waals surface area contributed by atoms with Crippen molar-refractivity contribution in [3.8, 4) is 0 Å². The molecule has 19 heavy (non-hydrogen) atoms. The van der Waals surface area contributed by atoms with Gasteiger partial charge in [-0.1, -0.05) is 38.1 Å². The molecule has 1 aromatic heterocycles. The number of benzene rings is 1. The SMILES string of the molecule is CC(C)Cc1ccc(C(C)C(=O)n2ccnc2)cc1. The van der Waals surface area contributed by atoms with Gasteiger partial charge >= 0.3 is 0 Å². The number of carbonyl (C=O) groups excluding carboxylic acids is 1. The predicted octanol–water partition coefficient (Wildman–Crippen LogP) is 3.53. The highest BCUT2D eigenvalue weighted by molar-refractivity contribution is 5.85. The number of carbonyl (C=O) groups is 1. The summed E-state index contributed by atoms with van der Waals surface area (Å²) >= 11 is 0. The number of hydrogen-bond donors (Lipinski definition) is 0. The molecule has 2 aromatic rings. The Bertz CT molecular complexity index is 526. The molecule has 0 radical (unpaired) electrons. The van der Waals surface area contributed by atoms with Gasteiger partial charge in [0.05, 0.1) is 5.92 Å². The molecule has 0 saturated carbocycles. The second-order valence-electron chi connectivity index (χ2n) is 5.37. The monoisotopic (exact) mass is 256 g/mol. The zero-order valence-corrected chi connectivity index (χ0v) is 11.7. The van der Waals surface area contributed by atoms with Crippen molar-refractivity contribution in [2.45, 2.75) is 33.1 Å². The van der Waals surface area contributed by atoms with Gasteiger partial charge in [-0.05, 0) is 30.4 Å². The molecule has 3 heteroatoms. The molecular formula is C16H20N2O. The fourth-order valence-corrected chi connectivity index (χ4v) is 2.17. The van der Waals surface area contributed by atoms with Crippen molar-refractivity contribution < 1.29 is 4.79 Å². The Kier molecular flexibility index (Phi) is 4.15. The molecular weight excluding hydrogens is 236 g/mol. The molecule has 0 amide bonds. The molecule has 0 N–H and O–H groups in total. The molecule has 0 fully saturated rings. The molecule has 0 bridgehead atoms. The van der Waals surface area contributed by atoms with Gasteiger partial charge in [-0.25, -0.2) is 4.98 Å². The zero-order valence-electron chi connectivity index (χ0n) is 11.7. The molecule has 0 spiro atoms. The van der Waals surface area contributed by atoms with Crippen molar-refractivity contribution in [1.82, 2.24) is 9.55 Å². The van der Waals surface area contributed by atoms with Crippen LogP contribution in [0.25, 0.3) is 0 Å². The molecule has 1 aromatic carbocycles. The smallest absolute Gasteiger partial charge is 0.239 e. The summed E-state index contributed by atoms with van der Waals surface area (Å²) in [6, 6.07) is 8.34. The summed E-state index contributed by atoms with van der Waals surface area (Å²) in [5, 5.41) is 0. The normalized spacial score (nSPS) is 12.6. The molecule has 0 aliphatic rings. The minimum atomic E-state index is -0.151. The predicted molar refractivity (Wildman–Crippen MR) is 76.3 cm³/mol. The third-order valence-electron chi connectivity index (χ3n) is 3.25. The van der Waals surface area contributed by atoms with Crippen LogP contribution in [0.4, 0.5) is 0 Å². The largest absolute Gasteiger partial charge is 0.276 e. The van der Waals surface area contributed by atoms with E-state index >= 15 is 0 Å². The van der Waals surface area contributed by atoms with Gasteiger partial charge < -0.3 is 0 Å². The topological polar surface area (TPSA) is 34.9 Å². The number of nitrogens with zero attached hydrogens (tertiary/aromatic N) is 2. The van der Waals surface area contributed by atoms with Crippen molar-refractivity contribution in [2.24, 2.45) is 5.92 Å². The Morgan fingerprint density at radius 3 is 2.42 bits per heavy atom. The summed E-state index contributed by atoms with van der Waals surface area (Å²) in [6.07, 6.45) is 5.93. The van der Waals surface area contributed by atoms with E-state index in [1.807, 2.05) is 6.92 Å². The van der Waals surface area contributed by atoms with E-state index < -0.39 is 0 Å². The first-order chi connectivity index (χ1) is 9.08. The van der Waals surface area contributed by atoms with Crippen LogP contribution < -0.4 is 0 Å². The van der Waals surface area contributed by atoms with E-state index in [-0.39, 0.29) is 11.8 Å². The first kappa shape index (κ1) is 13.5. The second kappa shape index (κ2) is 5.83.